The molecule has 24 heavy (non-hydrogen) atoms. The van der Waals surface area contributed by atoms with Crippen LogP contribution >= 0.6 is 11.3 Å². The minimum Gasteiger partial charge on any atom is -0.321 e. The number of hydrogen-bond donors (Lipinski definition) is 1. The highest BCUT2D eigenvalue weighted by molar-refractivity contribution is 7.17. The maximum absolute atomic E-state index is 6.42. The number of fused-ring (bicyclic) bond motifs is 2. The number of rotatable bonds is 2. The summed E-state index contributed by atoms with van der Waals surface area (Å²) in [6.07, 6.45) is 2.25. The van der Waals surface area contributed by atoms with Gasteiger partial charge in [-0.25, -0.2) is 0 Å². The van der Waals surface area contributed by atoms with Crippen molar-refractivity contribution in [2.45, 2.75) is 30.8 Å². The lowest BCUT2D eigenvalue weighted by Gasteiger charge is -2.33. The Morgan fingerprint density at radius 2 is 2.00 bits per heavy atom. The molecule has 1 fully saturated rings. The van der Waals surface area contributed by atoms with Crippen LogP contribution in [-0.4, -0.2) is 18.5 Å². The van der Waals surface area contributed by atoms with Gasteiger partial charge < -0.3 is 10.6 Å². The van der Waals surface area contributed by atoms with Crippen LogP contribution in [0.2, 0.25) is 0 Å². The van der Waals surface area contributed by atoms with Crippen molar-refractivity contribution in [1.82, 2.24) is 4.90 Å². The molecule has 2 aliphatic rings. The smallest absolute Gasteiger partial charge is 0.0411 e. The molecule has 2 N–H and O–H groups in total. The quantitative estimate of drug-likeness (QED) is 0.751. The van der Waals surface area contributed by atoms with E-state index in [-0.39, 0.29) is 5.54 Å². The van der Waals surface area contributed by atoms with Gasteiger partial charge in [-0.3, -0.25) is 0 Å². The maximum Gasteiger partial charge on any atom is 0.0411 e. The van der Waals surface area contributed by atoms with Gasteiger partial charge >= 0.3 is 0 Å². The molecule has 0 amide bonds. The number of nitrogens with zero attached hydrogens (tertiary/aromatic N) is 1. The van der Waals surface area contributed by atoms with Crippen molar-refractivity contribution in [1.29, 1.82) is 0 Å². The highest BCUT2D eigenvalue weighted by Crippen LogP contribution is 2.44. The lowest BCUT2D eigenvalue weighted by atomic mass is 9.83. The fourth-order valence-electron chi connectivity index (χ4n) is 4.07. The summed E-state index contributed by atoms with van der Waals surface area (Å²) in [6.45, 7) is 2.10. The van der Waals surface area contributed by atoms with Crippen LogP contribution < -0.4 is 5.73 Å². The van der Waals surface area contributed by atoms with Crippen LogP contribution in [0, 0.1) is 0 Å². The summed E-state index contributed by atoms with van der Waals surface area (Å²) in [5, 5.41) is 3.54. The molecule has 1 aliphatic carbocycles. The molecular formula is C21H22N2S. The minimum atomic E-state index is -0.0455. The Hall–Kier alpha value is -1.68. The third-order valence-electron chi connectivity index (χ3n) is 5.70. The molecule has 122 valence electrons. The summed E-state index contributed by atoms with van der Waals surface area (Å²) < 4.78 is 1.37. The first-order valence-electron chi connectivity index (χ1n) is 8.70. The molecule has 1 saturated carbocycles. The normalized spacial score (nSPS) is 22.5. The maximum atomic E-state index is 6.42. The van der Waals surface area contributed by atoms with E-state index in [0.29, 0.717) is 5.92 Å². The van der Waals surface area contributed by atoms with Crippen LogP contribution in [0.1, 0.15) is 41.0 Å². The molecule has 0 bridgehead atoms. The van der Waals surface area contributed by atoms with E-state index in [9.17, 15) is 0 Å². The van der Waals surface area contributed by atoms with Crippen molar-refractivity contribution in [2.75, 3.05) is 13.6 Å². The van der Waals surface area contributed by atoms with Gasteiger partial charge in [0.05, 0.1) is 0 Å². The van der Waals surface area contributed by atoms with Crippen LogP contribution in [-0.2, 0) is 12.1 Å². The number of likely N-dealkylation sites (N-methyl/N-ethyl adjacent to an activating group) is 1. The van der Waals surface area contributed by atoms with E-state index in [1.54, 1.807) is 0 Å². The second-order valence-electron chi connectivity index (χ2n) is 7.54. The van der Waals surface area contributed by atoms with Gasteiger partial charge in [-0.15, -0.1) is 11.3 Å². The van der Waals surface area contributed by atoms with Gasteiger partial charge in [0, 0.05) is 29.2 Å². The first-order chi connectivity index (χ1) is 11.6. The van der Waals surface area contributed by atoms with Crippen molar-refractivity contribution in [3.8, 4) is 0 Å². The van der Waals surface area contributed by atoms with Crippen molar-refractivity contribution < 1.29 is 0 Å². The van der Waals surface area contributed by atoms with Gasteiger partial charge in [-0.1, -0.05) is 24.3 Å². The molecule has 0 radical (unpaired) electrons. The van der Waals surface area contributed by atoms with Gasteiger partial charge in [-0.05, 0) is 71.1 Å². The van der Waals surface area contributed by atoms with Crippen molar-refractivity contribution in [3.63, 3.8) is 0 Å². The van der Waals surface area contributed by atoms with Gasteiger partial charge in [0.25, 0.3) is 0 Å². The van der Waals surface area contributed by atoms with E-state index in [2.05, 4.69) is 59.8 Å². The van der Waals surface area contributed by atoms with Gasteiger partial charge in [-0.2, -0.15) is 0 Å². The van der Waals surface area contributed by atoms with Crippen LogP contribution in [0.3, 0.4) is 0 Å². The first-order valence-corrected chi connectivity index (χ1v) is 9.58. The second-order valence-corrected chi connectivity index (χ2v) is 8.48. The van der Waals surface area contributed by atoms with E-state index < -0.39 is 0 Å². The Morgan fingerprint density at radius 3 is 2.83 bits per heavy atom. The third-order valence-corrected chi connectivity index (χ3v) is 6.59. The lowest BCUT2D eigenvalue weighted by Crippen LogP contribution is -2.31. The molecule has 0 spiro atoms. The van der Waals surface area contributed by atoms with E-state index in [1.807, 2.05) is 11.3 Å². The summed E-state index contributed by atoms with van der Waals surface area (Å²) in [6, 6.07) is 16.2. The molecule has 3 heteroatoms. The molecule has 3 aromatic rings. The summed E-state index contributed by atoms with van der Waals surface area (Å²) in [7, 11) is 2.22. The zero-order valence-electron chi connectivity index (χ0n) is 14.0. The monoisotopic (exact) mass is 334 g/mol. The Labute approximate surface area is 146 Å². The summed E-state index contributed by atoms with van der Waals surface area (Å²) in [5.74, 6) is 0.449. The van der Waals surface area contributed by atoms with Gasteiger partial charge in [0.2, 0.25) is 0 Å². The molecule has 1 atom stereocenters. The Balaban J connectivity index is 1.60. The lowest BCUT2D eigenvalue weighted by molar-refractivity contribution is 0.295. The van der Waals surface area contributed by atoms with E-state index >= 15 is 0 Å². The van der Waals surface area contributed by atoms with E-state index in [0.717, 1.165) is 25.9 Å². The van der Waals surface area contributed by atoms with E-state index in [1.165, 1.54) is 32.3 Å². The standard InChI is InChI=1S/C21H22N2S/c1-23-12-16-11-17(21(22)7-8-21)3-4-18(16)19(13-23)14-2-5-20-15(10-14)6-9-24-20/h2-6,9-11,19H,7-8,12-13,22H2,1H3. The molecule has 2 aromatic carbocycles. The Bertz CT molecular complexity index is 922. The highest BCUT2D eigenvalue weighted by Gasteiger charge is 2.40. The van der Waals surface area contributed by atoms with Gasteiger partial charge in [0.1, 0.15) is 0 Å². The molecule has 5 rings (SSSR count). The third kappa shape index (κ3) is 2.31. The summed E-state index contributed by atoms with van der Waals surface area (Å²) in [4.78, 5) is 2.44. The zero-order chi connectivity index (χ0) is 16.3. The Morgan fingerprint density at radius 1 is 1.12 bits per heavy atom. The van der Waals surface area contributed by atoms with Crippen LogP contribution in [0.5, 0.6) is 0 Å². The highest BCUT2D eigenvalue weighted by atomic mass is 32.1. The number of nitrogens with two attached hydrogens (primary N) is 1. The fraction of sp³-hybridized carbons (Fsp3) is 0.333. The molecule has 1 unspecified atom stereocenters. The first kappa shape index (κ1) is 14.6. The molecule has 0 saturated heterocycles. The van der Waals surface area contributed by atoms with Gasteiger partial charge in [0.15, 0.2) is 0 Å². The minimum absolute atomic E-state index is 0.0455. The van der Waals surface area contributed by atoms with Crippen molar-refractivity contribution in [2.24, 2.45) is 5.73 Å². The number of thiophene rings is 1. The SMILES string of the molecule is CN1Cc2cc(C3(N)CC3)ccc2C(c2ccc3sccc3c2)C1. The summed E-state index contributed by atoms with van der Waals surface area (Å²) in [5.41, 5.74) is 12.1. The largest absolute Gasteiger partial charge is 0.321 e. The number of hydrogen-bond acceptors (Lipinski definition) is 3. The molecule has 2 nitrogen and oxygen atoms in total. The predicted octanol–water partition coefficient (Wildman–Crippen LogP) is 4.43. The average Bonchev–Trinajstić information content (AvgIpc) is 3.17. The molecule has 1 aliphatic heterocycles. The second kappa shape index (κ2) is 5.16. The van der Waals surface area contributed by atoms with Crippen LogP contribution in [0.25, 0.3) is 10.1 Å². The predicted molar refractivity (Wildman–Crippen MR) is 102 cm³/mol. The molecule has 2 heterocycles. The fourth-order valence-corrected chi connectivity index (χ4v) is 4.84. The van der Waals surface area contributed by atoms with Crippen LogP contribution in [0.4, 0.5) is 0 Å². The van der Waals surface area contributed by atoms with Crippen molar-refractivity contribution >= 4 is 21.4 Å². The number of benzene rings is 2. The Kier molecular flexibility index (Phi) is 3.15. The van der Waals surface area contributed by atoms with Crippen molar-refractivity contribution in [3.05, 3.63) is 70.1 Å². The van der Waals surface area contributed by atoms with E-state index in [4.69, 9.17) is 5.73 Å². The topological polar surface area (TPSA) is 29.3 Å². The average molecular weight is 334 g/mol. The molecular weight excluding hydrogens is 312 g/mol. The van der Waals surface area contributed by atoms with Crippen LogP contribution in [0.15, 0.2) is 47.8 Å². The summed E-state index contributed by atoms with van der Waals surface area (Å²) >= 11 is 1.82. The molecule has 1 aromatic heterocycles. The zero-order valence-corrected chi connectivity index (χ0v) is 14.8.